The number of anilines is 1. The maximum atomic E-state index is 11.4. The van der Waals surface area contributed by atoms with E-state index in [0.29, 0.717) is 0 Å². The van der Waals surface area contributed by atoms with Crippen LogP contribution in [0.25, 0.3) is 0 Å². The van der Waals surface area contributed by atoms with Gasteiger partial charge in [0.05, 0.1) is 4.92 Å². The Balaban J connectivity index is 2.47. The van der Waals surface area contributed by atoms with Crippen LogP contribution in [0.15, 0.2) is 12.4 Å². The van der Waals surface area contributed by atoms with Crippen LogP contribution in [0.3, 0.4) is 0 Å². The summed E-state index contributed by atoms with van der Waals surface area (Å²) in [5, 5.41) is 14.8. The number of carbonyl (C=O) groups is 1. The first kappa shape index (κ1) is 9.27. The van der Waals surface area contributed by atoms with E-state index in [9.17, 15) is 14.9 Å². The summed E-state index contributed by atoms with van der Waals surface area (Å²) in [6.07, 6.45) is 2.60. The van der Waals surface area contributed by atoms with E-state index in [0.717, 1.165) is 0 Å². The zero-order chi connectivity index (χ0) is 11.1. The van der Waals surface area contributed by atoms with Crippen molar-refractivity contribution in [2.24, 2.45) is 5.73 Å². The van der Waals surface area contributed by atoms with Gasteiger partial charge >= 0.3 is 5.91 Å². The molecule has 0 bridgehead atoms. The molecule has 15 heavy (non-hydrogen) atoms. The fourth-order valence-electron chi connectivity index (χ4n) is 1.13. The van der Waals surface area contributed by atoms with Crippen molar-refractivity contribution in [3.63, 3.8) is 0 Å². The van der Waals surface area contributed by atoms with Crippen molar-refractivity contribution in [2.45, 2.75) is 5.91 Å². The number of rotatable bonds is 1. The molecule has 1 amide bonds. The number of amides is 1. The zero-order valence-corrected chi connectivity index (χ0v) is 7.30. The van der Waals surface area contributed by atoms with Gasteiger partial charge in [0, 0.05) is 12.4 Å². The van der Waals surface area contributed by atoms with E-state index >= 15 is 0 Å². The van der Waals surface area contributed by atoms with Gasteiger partial charge in [-0.25, -0.2) is 15.7 Å². The number of hydrogen-bond acceptors (Lipinski definition) is 7. The molecule has 1 aromatic heterocycles. The highest BCUT2D eigenvalue weighted by molar-refractivity contribution is 5.98. The lowest BCUT2D eigenvalue weighted by atomic mass is 10.3. The van der Waals surface area contributed by atoms with Crippen LogP contribution in [0, 0.1) is 10.1 Å². The summed E-state index contributed by atoms with van der Waals surface area (Å²) in [5.41, 5.74) is 5.27. The molecule has 0 aliphatic carbocycles. The van der Waals surface area contributed by atoms with Gasteiger partial charge in [0.15, 0.2) is 11.5 Å². The second-order valence-corrected chi connectivity index (χ2v) is 2.86. The molecule has 1 aliphatic rings. The molecule has 0 aromatic carbocycles. The summed E-state index contributed by atoms with van der Waals surface area (Å²) in [4.78, 5) is 28.5. The highest BCUT2D eigenvalue weighted by atomic mass is 16.6. The van der Waals surface area contributed by atoms with Gasteiger partial charge < -0.3 is 0 Å². The summed E-state index contributed by atoms with van der Waals surface area (Å²) in [6, 6.07) is 0. The van der Waals surface area contributed by atoms with Crippen LogP contribution in [0.1, 0.15) is 10.5 Å². The average Bonchev–Trinajstić information content (AvgIpc) is 2.17. The fraction of sp³-hybridized carbons (Fsp3) is 0.167. The van der Waals surface area contributed by atoms with Crippen LogP contribution < -0.4 is 16.4 Å². The van der Waals surface area contributed by atoms with Crippen molar-refractivity contribution in [1.29, 1.82) is 0 Å². The highest BCUT2D eigenvalue weighted by Gasteiger charge is 2.46. The molecule has 1 aromatic rings. The number of hydrogen-bond donors (Lipinski definition) is 3. The Labute approximate surface area is 82.8 Å². The summed E-state index contributed by atoms with van der Waals surface area (Å²) >= 11 is 0. The van der Waals surface area contributed by atoms with E-state index in [1.54, 1.807) is 0 Å². The largest absolute Gasteiger partial charge is 0.439 e. The fourth-order valence-corrected chi connectivity index (χ4v) is 1.13. The van der Waals surface area contributed by atoms with E-state index < -0.39 is 16.7 Å². The lowest BCUT2D eigenvalue weighted by Crippen LogP contribution is -2.69. The lowest BCUT2D eigenvalue weighted by Gasteiger charge is -2.27. The van der Waals surface area contributed by atoms with Gasteiger partial charge in [-0.1, -0.05) is 0 Å². The molecule has 0 saturated carbocycles. The quantitative estimate of drug-likeness (QED) is 0.291. The molecule has 1 atom stereocenters. The van der Waals surface area contributed by atoms with E-state index in [2.05, 4.69) is 15.3 Å². The number of nitrogens with zero attached hydrogens (tertiary/aromatic N) is 3. The SMILES string of the molecule is NC1([N+](=O)[O-])NC(=O)c2nccnc2N1. The standard InChI is InChI=1S/C6H6N6O3/c7-6(12(14)15)10-4-3(5(13)11-6)8-1-2-9-4/h1-2H,7H2,(H,9,10)(H,11,13). The van der Waals surface area contributed by atoms with Crippen molar-refractivity contribution in [3.05, 3.63) is 28.2 Å². The molecular formula is C6H6N6O3. The van der Waals surface area contributed by atoms with Gasteiger partial charge in [0.2, 0.25) is 0 Å². The van der Waals surface area contributed by atoms with Crippen LogP contribution in [0.5, 0.6) is 0 Å². The van der Waals surface area contributed by atoms with Crippen LogP contribution >= 0.6 is 0 Å². The third-order valence-electron chi connectivity index (χ3n) is 1.81. The van der Waals surface area contributed by atoms with Crippen molar-refractivity contribution in [1.82, 2.24) is 15.3 Å². The summed E-state index contributed by atoms with van der Waals surface area (Å²) < 4.78 is 0. The summed E-state index contributed by atoms with van der Waals surface area (Å²) in [7, 11) is 0. The van der Waals surface area contributed by atoms with Gasteiger partial charge in [-0.2, -0.15) is 0 Å². The smallest absolute Gasteiger partial charge is 0.270 e. The molecule has 0 saturated heterocycles. The Morgan fingerprint density at radius 3 is 2.73 bits per heavy atom. The van der Waals surface area contributed by atoms with Crippen molar-refractivity contribution < 1.29 is 9.72 Å². The Morgan fingerprint density at radius 2 is 2.07 bits per heavy atom. The van der Waals surface area contributed by atoms with Gasteiger partial charge in [0.1, 0.15) is 0 Å². The van der Waals surface area contributed by atoms with Gasteiger partial charge in [0.25, 0.3) is 5.91 Å². The maximum Gasteiger partial charge on any atom is 0.439 e. The number of aromatic nitrogens is 2. The normalized spacial score (nSPS) is 23.7. The van der Waals surface area contributed by atoms with Crippen molar-refractivity contribution >= 4 is 11.7 Å². The molecule has 4 N–H and O–H groups in total. The lowest BCUT2D eigenvalue weighted by molar-refractivity contribution is -0.566. The second-order valence-electron chi connectivity index (χ2n) is 2.86. The van der Waals surface area contributed by atoms with E-state index in [1.807, 2.05) is 5.32 Å². The minimum Gasteiger partial charge on any atom is -0.270 e. The molecule has 2 heterocycles. The Bertz CT molecular complexity index is 448. The molecule has 9 nitrogen and oxygen atoms in total. The number of nitrogens with two attached hydrogens (primary N) is 1. The Morgan fingerprint density at radius 1 is 1.40 bits per heavy atom. The number of nitrogens with one attached hydrogen (secondary N) is 2. The maximum absolute atomic E-state index is 11.4. The zero-order valence-electron chi connectivity index (χ0n) is 7.30. The summed E-state index contributed by atoms with van der Waals surface area (Å²) in [5.74, 6) is -2.99. The second kappa shape index (κ2) is 2.85. The van der Waals surface area contributed by atoms with Crippen LogP contribution in [-0.2, 0) is 0 Å². The molecule has 2 rings (SSSR count). The Kier molecular flexibility index (Phi) is 1.76. The van der Waals surface area contributed by atoms with Crippen molar-refractivity contribution in [3.8, 4) is 0 Å². The van der Waals surface area contributed by atoms with Gasteiger partial charge in [-0.05, 0) is 0 Å². The predicted molar refractivity (Wildman–Crippen MR) is 47.0 cm³/mol. The third-order valence-corrected chi connectivity index (χ3v) is 1.81. The van der Waals surface area contributed by atoms with Crippen LogP contribution in [0.2, 0.25) is 0 Å². The topological polar surface area (TPSA) is 136 Å². The van der Waals surface area contributed by atoms with E-state index in [1.165, 1.54) is 12.4 Å². The van der Waals surface area contributed by atoms with E-state index in [-0.39, 0.29) is 11.5 Å². The molecule has 1 aliphatic heterocycles. The average molecular weight is 210 g/mol. The summed E-state index contributed by atoms with van der Waals surface area (Å²) in [6.45, 7) is 0. The number of fused-ring (bicyclic) bond motifs is 1. The van der Waals surface area contributed by atoms with Gasteiger partial charge in [-0.3, -0.25) is 25.5 Å². The number of carbonyl (C=O) groups excluding carboxylic acids is 1. The Hall–Kier alpha value is -2.29. The molecule has 0 spiro atoms. The molecule has 0 radical (unpaired) electrons. The van der Waals surface area contributed by atoms with E-state index in [4.69, 9.17) is 5.73 Å². The third kappa shape index (κ3) is 1.34. The highest BCUT2D eigenvalue weighted by Crippen LogP contribution is 2.17. The minimum absolute atomic E-state index is 0.0135. The molecule has 0 fully saturated rings. The predicted octanol–water partition coefficient (Wildman–Crippen LogP) is -1.52. The monoisotopic (exact) mass is 210 g/mol. The van der Waals surface area contributed by atoms with Gasteiger partial charge in [-0.15, -0.1) is 0 Å². The van der Waals surface area contributed by atoms with Crippen molar-refractivity contribution in [2.75, 3.05) is 5.32 Å². The first-order valence-electron chi connectivity index (χ1n) is 3.88. The molecule has 78 valence electrons. The first-order valence-corrected chi connectivity index (χ1v) is 3.88. The molecular weight excluding hydrogens is 204 g/mol. The number of nitro groups is 1. The minimum atomic E-state index is -2.24. The van der Waals surface area contributed by atoms with Crippen LogP contribution in [0.4, 0.5) is 5.82 Å². The molecule has 9 heteroatoms. The first-order chi connectivity index (χ1) is 7.03. The van der Waals surface area contributed by atoms with Crippen LogP contribution in [-0.4, -0.2) is 26.7 Å². The molecule has 1 unspecified atom stereocenters.